The molecule has 0 bridgehead atoms. The third-order valence-electron chi connectivity index (χ3n) is 4.53. The van der Waals surface area contributed by atoms with Crippen molar-refractivity contribution >= 4 is 29.0 Å². The number of aromatic nitrogens is 3. The van der Waals surface area contributed by atoms with Crippen molar-refractivity contribution < 1.29 is 18.0 Å². The van der Waals surface area contributed by atoms with Gasteiger partial charge in [0, 0.05) is 18.2 Å². The zero-order chi connectivity index (χ0) is 19.9. The third-order valence-corrected chi connectivity index (χ3v) is 4.70. The van der Waals surface area contributed by atoms with Crippen LogP contribution in [0.5, 0.6) is 0 Å². The summed E-state index contributed by atoms with van der Waals surface area (Å²) in [6.45, 7) is 0. The van der Waals surface area contributed by atoms with Crippen LogP contribution in [-0.4, -0.2) is 33.1 Å². The highest BCUT2D eigenvalue weighted by Crippen LogP contribution is 2.45. The molecular weight excluding hydrogens is 395 g/mol. The van der Waals surface area contributed by atoms with Crippen molar-refractivity contribution in [2.45, 2.75) is 50.2 Å². The molecule has 0 unspecified atom stereocenters. The molecule has 2 saturated carbocycles. The first kappa shape index (κ1) is 18.9. The van der Waals surface area contributed by atoms with E-state index in [2.05, 4.69) is 25.6 Å². The van der Waals surface area contributed by atoms with E-state index in [1.165, 1.54) is 18.3 Å². The summed E-state index contributed by atoms with van der Waals surface area (Å²) in [5.41, 5.74) is 0.532. The topological polar surface area (TPSA) is 79.8 Å². The summed E-state index contributed by atoms with van der Waals surface area (Å²) in [5, 5.41) is 5.99. The highest BCUT2D eigenvalue weighted by Gasteiger charge is 2.34. The molecule has 2 heterocycles. The lowest BCUT2D eigenvalue weighted by Crippen LogP contribution is -2.22. The van der Waals surface area contributed by atoms with Crippen molar-refractivity contribution in [3.8, 4) is 0 Å². The lowest BCUT2D eigenvalue weighted by molar-refractivity contribution is -0.127. The molecule has 2 fully saturated rings. The Balaban J connectivity index is 1.66. The van der Waals surface area contributed by atoms with Gasteiger partial charge in [-0.2, -0.15) is 18.2 Å². The minimum absolute atomic E-state index is 0.0715. The summed E-state index contributed by atoms with van der Waals surface area (Å²) in [7, 11) is 0. The Morgan fingerprint density at radius 1 is 1.21 bits per heavy atom. The maximum Gasteiger partial charge on any atom is 0.394 e. The second-order valence-corrected chi connectivity index (χ2v) is 7.38. The monoisotopic (exact) mass is 411 g/mol. The molecule has 2 N–H and O–H groups in total. The number of anilines is 2. The van der Waals surface area contributed by atoms with E-state index in [1.54, 1.807) is 0 Å². The van der Waals surface area contributed by atoms with E-state index in [4.69, 9.17) is 11.6 Å². The van der Waals surface area contributed by atoms with Crippen LogP contribution in [0.3, 0.4) is 0 Å². The fourth-order valence-corrected chi connectivity index (χ4v) is 3.08. The molecule has 2 aliphatic rings. The molecule has 2 aromatic rings. The minimum atomic E-state index is -4.47. The van der Waals surface area contributed by atoms with Crippen molar-refractivity contribution in [2.24, 2.45) is 0 Å². The predicted molar refractivity (Wildman–Crippen MR) is 97.6 cm³/mol. The van der Waals surface area contributed by atoms with Crippen molar-refractivity contribution in [3.05, 3.63) is 40.6 Å². The van der Waals surface area contributed by atoms with Crippen LogP contribution < -0.4 is 10.6 Å². The van der Waals surface area contributed by atoms with Crippen LogP contribution in [0.2, 0.25) is 5.28 Å². The molecular formula is C18H17ClF3N5O. The quantitative estimate of drug-likeness (QED) is 0.691. The summed E-state index contributed by atoms with van der Waals surface area (Å²) in [4.78, 5) is 25.0. The Morgan fingerprint density at radius 3 is 2.61 bits per heavy atom. The minimum Gasteiger partial charge on any atom is -0.365 e. The van der Waals surface area contributed by atoms with E-state index >= 15 is 0 Å². The molecule has 2 aromatic heterocycles. The normalized spacial score (nSPS) is 16.7. The highest BCUT2D eigenvalue weighted by atomic mass is 35.5. The zero-order valence-electron chi connectivity index (χ0n) is 14.7. The first-order valence-electron chi connectivity index (χ1n) is 8.96. The Kier molecular flexibility index (Phi) is 4.86. The largest absolute Gasteiger partial charge is 0.394 e. The number of pyridine rings is 1. The van der Waals surface area contributed by atoms with Crippen molar-refractivity contribution in [2.75, 3.05) is 10.6 Å². The average molecular weight is 412 g/mol. The molecule has 0 spiro atoms. The average Bonchev–Trinajstić information content (AvgIpc) is 3.50. The summed E-state index contributed by atoms with van der Waals surface area (Å²) < 4.78 is 38.5. The number of carbonyl (C=O) groups excluding carboxylic acids is 1. The van der Waals surface area contributed by atoms with Gasteiger partial charge in [-0.1, -0.05) is 0 Å². The fraction of sp³-hybridized carbons (Fsp3) is 0.444. The van der Waals surface area contributed by atoms with E-state index in [-0.39, 0.29) is 28.5 Å². The predicted octanol–water partition coefficient (Wildman–Crippen LogP) is 4.33. The molecule has 148 valence electrons. The molecule has 0 saturated heterocycles. The molecule has 0 radical (unpaired) electrons. The van der Waals surface area contributed by atoms with Crippen LogP contribution in [0, 0.1) is 0 Å². The molecule has 4 rings (SSSR count). The van der Waals surface area contributed by atoms with Crippen LogP contribution >= 0.6 is 11.6 Å². The smallest absolute Gasteiger partial charge is 0.365 e. The number of amides is 1. The van der Waals surface area contributed by atoms with Gasteiger partial charge in [0.25, 0.3) is 5.91 Å². The van der Waals surface area contributed by atoms with Crippen LogP contribution in [0.4, 0.5) is 24.7 Å². The van der Waals surface area contributed by atoms with E-state index in [0.29, 0.717) is 17.2 Å². The van der Waals surface area contributed by atoms with Crippen LogP contribution in [0.1, 0.15) is 53.3 Å². The van der Waals surface area contributed by atoms with E-state index in [1.807, 2.05) is 0 Å². The Morgan fingerprint density at radius 2 is 1.96 bits per heavy atom. The molecule has 0 atom stereocenters. The molecule has 0 aromatic carbocycles. The van der Waals surface area contributed by atoms with Crippen LogP contribution in [0.25, 0.3) is 0 Å². The van der Waals surface area contributed by atoms with E-state index in [9.17, 15) is 18.0 Å². The second kappa shape index (κ2) is 7.20. The van der Waals surface area contributed by atoms with Gasteiger partial charge >= 0.3 is 6.18 Å². The van der Waals surface area contributed by atoms with Crippen molar-refractivity contribution in [3.63, 3.8) is 0 Å². The van der Waals surface area contributed by atoms with Gasteiger partial charge in [0.15, 0.2) is 5.82 Å². The molecule has 2 aliphatic carbocycles. The highest BCUT2D eigenvalue weighted by molar-refractivity contribution is 6.28. The second-order valence-electron chi connectivity index (χ2n) is 7.04. The van der Waals surface area contributed by atoms with Gasteiger partial charge in [0.2, 0.25) is 5.28 Å². The Hall–Kier alpha value is -2.42. The molecule has 1 amide bonds. The number of halogens is 4. The van der Waals surface area contributed by atoms with Gasteiger partial charge in [-0.05, 0) is 49.4 Å². The van der Waals surface area contributed by atoms with Crippen molar-refractivity contribution in [1.29, 1.82) is 0 Å². The Labute approximate surface area is 163 Å². The van der Waals surface area contributed by atoms with E-state index < -0.39 is 18.5 Å². The number of hydrogen-bond donors (Lipinski definition) is 2. The first-order chi connectivity index (χ1) is 13.3. The third kappa shape index (κ3) is 4.52. The van der Waals surface area contributed by atoms with Crippen LogP contribution in [-0.2, 0) is 6.42 Å². The number of rotatable bonds is 6. The maximum absolute atomic E-state index is 12.8. The van der Waals surface area contributed by atoms with Gasteiger partial charge in [-0.25, -0.2) is 4.98 Å². The lowest BCUT2D eigenvalue weighted by atomic mass is 10.1. The first-order valence-corrected chi connectivity index (χ1v) is 9.34. The zero-order valence-corrected chi connectivity index (χ0v) is 15.4. The van der Waals surface area contributed by atoms with E-state index in [0.717, 1.165) is 25.7 Å². The van der Waals surface area contributed by atoms with Crippen molar-refractivity contribution in [1.82, 2.24) is 15.0 Å². The molecule has 10 heteroatoms. The summed E-state index contributed by atoms with van der Waals surface area (Å²) in [6.07, 6.45) is -0.741. The Bertz CT molecular complexity index is 913. The lowest BCUT2D eigenvalue weighted by Gasteiger charge is -2.17. The number of carbonyl (C=O) groups is 1. The van der Waals surface area contributed by atoms with Gasteiger partial charge in [0.1, 0.15) is 5.69 Å². The van der Waals surface area contributed by atoms with Gasteiger partial charge < -0.3 is 10.6 Å². The summed E-state index contributed by atoms with van der Waals surface area (Å²) >= 11 is 6.04. The van der Waals surface area contributed by atoms with Gasteiger partial charge in [-0.3, -0.25) is 9.78 Å². The van der Waals surface area contributed by atoms with Gasteiger partial charge in [-0.15, -0.1) is 0 Å². The summed E-state index contributed by atoms with van der Waals surface area (Å²) in [6, 6.07) is 3.00. The fourth-order valence-electron chi connectivity index (χ4n) is 2.91. The molecule has 28 heavy (non-hydrogen) atoms. The number of hydrogen-bond acceptors (Lipinski definition) is 5. The number of alkyl halides is 3. The van der Waals surface area contributed by atoms with Crippen LogP contribution in [0.15, 0.2) is 18.3 Å². The van der Waals surface area contributed by atoms with Gasteiger partial charge in [0.05, 0.1) is 23.4 Å². The molecule has 0 aliphatic heterocycles. The standard InChI is InChI=1S/C18H17ClF3N5O/c19-17-26-13(9-3-4-9)14(15(27-17)24-10-5-6-10)25-16(28)11-2-1-7-23-12(11)8-18(20,21)22/h1-2,7,9-10H,3-6,8H2,(H,25,28)(H,24,26,27). The maximum atomic E-state index is 12.8. The molecule has 6 nitrogen and oxygen atoms in total. The number of nitrogens with zero attached hydrogens (tertiary/aromatic N) is 3. The number of nitrogens with one attached hydrogen (secondary N) is 2. The summed E-state index contributed by atoms with van der Waals surface area (Å²) in [5.74, 6) is -0.128. The SMILES string of the molecule is O=C(Nc1c(NC2CC2)nc(Cl)nc1C1CC1)c1cccnc1CC(F)(F)F.